The molecule has 0 saturated heterocycles. The van der Waals surface area contributed by atoms with Gasteiger partial charge in [0.25, 0.3) is 0 Å². The molecule has 2 aromatic rings. The normalized spacial score (nSPS) is 11.3. The van der Waals surface area contributed by atoms with E-state index in [0.29, 0.717) is 23.5 Å². The van der Waals surface area contributed by atoms with E-state index in [1.165, 1.54) is 0 Å². The fraction of sp³-hybridized carbons (Fsp3) is 0.316. The van der Waals surface area contributed by atoms with Gasteiger partial charge in [0, 0.05) is 5.54 Å². The van der Waals surface area contributed by atoms with Gasteiger partial charge in [0.2, 0.25) is 0 Å². The molecule has 0 aromatic heterocycles. The standard InChI is InChI=1S/C19H23NO3/c1-4-14-11-16(9-10-17(14)18(21)22)23-15-7-5-13(6-8-15)12-19(2,3)20/h5-11H,4,12,20H2,1-3H3,(H,21,22). The minimum atomic E-state index is -0.915. The van der Waals surface area contributed by atoms with Gasteiger partial charge in [-0.05, 0) is 68.1 Å². The van der Waals surface area contributed by atoms with Crippen LogP contribution in [0.1, 0.15) is 42.3 Å². The molecule has 0 radical (unpaired) electrons. The van der Waals surface area contributed by atoms with E-state index in [9.17, 15) is 4.79 Å². The number of benzene rings is 2. The lowest BCUT2D eigenvalue weighted by Gasteiger charge is -2.18. The molecule has 0 atom stereocenters. The highest BCUT2D eigenvalue weighted by Gasteiger charge is 2.12. The molecule has 0 bridgehead atoms. The average molecular weight is 313 g/mol. The summed E-state index contributed by atoms with van der Waals surface area (Å²) in [6.07, 6.45) is 1.43. The van der Waals surface area contributed by atoms with Crippen LogP contribution in [0.4, 0.5) is 0 Å². The molecule has 4 heteroatoms. The number of ether oxygens (including phenoxy) is 1. The summed E-state index contributed by atoms with van der Waals surface area (Å²) in [4.78, 5) is 11.2. The fourth-order valence-electron chi connectivity index (χ4n) is 2.47. The first-order chi connectivity index (χ1) is 10.8. The van der Waals surface area contributed by atoms with Gasteiger partial charge < -0.3 is 15.6 Å². The van der Waals surface area contributed by atoms with Crippen molar-refractivity contribution in [2.45, 2.75) is 39.2 Å². The van der Waals surface area contributed by atoms with E-state index >= 15 is 0 Å². The highest BCUT2D eigenvalue weighted by molar-refractivity contribution is 5.89. The van der Waals surface area contributed by atoms with E-state index in [0.717, 1.165) is 17.5 Å². The molecule has 0 fully saturated rings. The maximum absolute atomic E-state index is 11.2. The lowest BCUT2D eigenvalue weighted by Crippen LogP contribution is -2.34. The van der Waals surface area contributed by atoms with Gasteiger partial charge in [-0.2, -0.15) is 0 Å². The first kappa shape index (κ1) is 17.0. The van der Waals surface area contributed by atoms with Crippen molar-refractivity contribution in [2.75, 3.05) is 0 Å². The number of carbonyl (C=O) groups is 1. The van der Waals surface area contributed by atoms with Crippen molar-refractivity contribution in [3.8, 4) is 11.5 Å². The molecular formula is C19H23NO3. The van der Waals surface area contributed by atoms with Crippen LogP contribution in [0.3, 0.4) is 0 Å². The van der Waals surface area contributed by atoms with E-state index in [-0.39, 0.29) is 5.54 Å². The molecule has 0 unspecified atom stereocenters. The lowest BCUT2D eigenvalue weighted by molar-refractivity contribution is 0.0695. The number of aryl methyl sites for hydroxylation is 1. The maximum atomic E-state index is 11.2. The van der Waals surface area contributed by atoms with Crippen molar-refractivity contribution in [2.24, 2.45) is 5.73 Å². The third-order valence-corrected chi connectivity index (χ3v) is 3.51. The Morgan fingerprint density at radius 3 is 2.26 bits per heavy atom. The predicted octanol–water partition coefficient (Wildman–Crippen LogP) is 4.02. The molecule has 2 aromatic carbocycles. The Morgan fingerprint density at radius 1 is 1.13 bits per heavy atom. The summed E-state index contributed by atoms with van der Waals surface area (Å²) in [6.45, 7) is 5.91. The van der Waals surface area contributed by atoms with Gasteiger partial charge in [-0.1, -0.05) is 19.1 Å². The third kappa shape index (κ3) is 4.83. The zero-order valence-corrected chi connectivity index (χ0v) is 13.8. The van der Waals surface area contributed by atoms with Crippen molar-refractivity contribution in [3.05, 3.63) is 59.2 Å². The molecule has 0 amide bonds. The number of nitrogens with two attached hydrogens (primary N) is 1. The Kier molecular flexibility index (Phi) is 5.06. The largest absolute Gasteiger partial charge is 0.478 e. The van der Waals surface area contributed by atoms with E-state index < -0.39 is 5.97 Å². The smallest absolute Gasteiger partial charge is 0.335 e. The summed E-state index contributed by atoms with van der Waals surface area (Å²) >= 11 is 0. The second-order valence-corrected chi connectivity index (χ2v) is 6.39. The van der Waals surface area contributed by atoms with Gasteiger partial charge >= 0.3 is 5.97 Å². The molecule has 4 nitrogen and oxygen atoms in total. The van der Waals surface area contributed by atoms with Crippen LogP contribution in [0.2, 0.25) is 0 Å². The molecule has 122 valence electrons. The molecule has 0 aliphatic carbocycles. The van der Waals surface area contributed by atoms with Crippen LogP contribution < -0.4 is 10.5 Å². The SMILES string of the molecule is CCc1cc(Oc2ccc(CC(C)(C)N)cc2)ccc1C(=O)O. The van der Waals surface area contributed by atoms with Gasteiger partial charge in [-0.3, -0.25) is 0 Å². The molecule has 0 aliphatic heterocycles. The van der Waals surface area contributed by atoms with Crippen LogP contribution in [0, 0.1) is 0 Å². The Labute approximate surface area is 136 Å². The van der Waals surface area contributed by atoms with Gasteiger partial charge in [0.15, 0.2) is 0 Å². The fourth-order valence-corrected chi connectivity index (χ4v) is 2.47. The van der Waals surface area contributed by atoms with Crippen LogP contribution in [0.25, 0.3) is 0 Å². The van der Waals surface area contributed by atoms with E-state index in [1.54, 1.807) is 18.2 Å². The maximum Gasteiger partial charge on any atom is 0.335 e. The molecular weight excluding hydrogens is 290 g/mol. The van der Waals surface area contributed by atoms with Crippen molar-refractivity contribution >= 4 is 5.97 Å². The van der Waals surface area contributed by atoms with Crippen molar-refractivity contribution in [1.29, 1.82) is 0 Å². The lowest BCUT2D eigenvalue weighted by atomic mass is 9.96. The quantitative estimate of drug-likeness (QED) is 0.845. The number of carboxylic acids is 1. The summed E-state index contributed by atoms with van der Waals surface area (Å²) in [5, 5.41) is 9.15. The Morgan fingerprint density at radius 2 is 1.74 bits per heavy atom. The number of carboxylic acid groups (broad SMARTS) is 1. The monoisotopic (exact) mass is 313 g/mol. The van der Waals surface area contributed by atoms with Crippen LogP contribution in [-0.4, -0.2) is 16.6 Å². The van der Waals surface area contributed by atoms with E-state index in [1.807, 2.05) is 45.0 Å². The van der Waals surface area contributed by atoms with Crippen molar-refractivity contribution in [3.63, 3.8) is 0 Å². The van der Waals surface area contributed by atoms with Gasteiger partial charge in [0.1, 0.15) is 11.5 Å². The molecule has 3 N–H and O–H groups in total. The van der Waals surface area contributed by atoms with Crippen LogP contribution in [0.15, 0.2) is 42.5 Å². The first-order valence-corrected chi connectivity index (χ1v) is 7.70. The van der Waals surface area contributed by atoms with E-state index in [4.69, 9.17) is 15.6 Å². The minimum absolute atomic E-state index is 0.245. The van der Waals surface area contributed by atoms with Crippen molar-refractivity contribution in [1.82, 2.24) is 0 Å². The second-order valence-electron chi connectivity index (χ2n) is 6.39. The highest BCUT2D eigenvalue weighted by atomic mass is 16.5. The Hall–Kier alpha value is -2.33. The topological polar surface area (TPSA) is 72.5 Å². The van der Waals surface area contributed by atoms with E-state index in [2.05, 4.69) is 0 Å². The zero-order valence-electron chi connectivity index (χ0n) is 13.8. The number of hydrogen-bond acceptors (Lipinski definition) is 3. The summed E-state index contributed by atoms with van der Waals surface area (Å²) in [5.41, 5.74) is 8.01. The molecule has 2 rings (SSSR count). The second kappa shape index (κ2) is 6.84. The zero-order chi connectivity index (χ0) is 17.0. The minimum Gasteiger partial charge on any atom is -0.478 e. The van der Waals surface area contributed by atoms with Gasteiger partial charge in [-0.15, -0.1) is 0 Å². The Bertz CT molecular complexity index is 685. The van der Waals surface area contributed by atoms with Crippen LogP contribution in [0.5, 0.6) is 11.5 Å². The average Bonchev–Trinajstić information content (AvgIpc) is 2.47. The molecule has 23 heavy (non-hydrogen) atoms. The predicted molar refractivity (Wildman–Crippen MR) is 91.3 cm³/mol. The van der Waals surface area contributed by atoms with Gasteiger partial charge in [0.05, 0.1) is 5.56 Å². The number of aromatic carboxylic acids is 1. The molecule has 0 heterocycles. The molecule has 0 saturated carbocycles. The summed E-state index contributed by atoms with van der Waals surface area (Å²) in [7, 11) is 0. The molecule has 0 spiro atoms. The first-order valence-electron chi connectivity index (χ1n) is 7.70. The molecule has 0 aliphatic rings. The van der Waals surface area contributed by atoms with Crippen LogP contribution >= 0.6 is 0 Å². The van der Waals surface area contributed by atoms with Crippen LogP contribution in [-0.2, 0) is 12.8 Å². The summed E-state index contributed by atoms with van der Waals surface area (Å²) in [5.74, 6) is 0.439. The summed E-state index contributed by atoms with van der Waals surface area (Å²) in [6, 6.07) is 12.8. The van der Waals surface area contributed by atoms with Crippen molar-refractivity contribution < 1.29 is 14.6 Å². The highest BCUT2D eigenvalue weighted by Crippen LogP contribution is 2.25. The Balaban J connectivity index is 2.14. The van der Waals surface area contributed by atoms with Gasteiger partial charge in [-0.25, -0.2) is 4.79 Å². The third-order valence-electron chi connectivity index (χ3n) is 3.51. The number of rotatable bonds is 6. The number of hydrogen-bond donors (Lipinski definition) is 2. The summed E-state index contributed by atoms with van der Waals surface area (Å²) < 4.78 is 5.82.